The van der Waals surface area contributed by atoms with Gasteiger partial charge in [-0.15, -0.1) is 0 Å². The molecule has 0 amide bonds. The smallest absolute Gasteiger partial charge is 0.438 e. The maximum atomic E-state index is 12.0. The molecule has 0 radical (unpaired) electrons. The van der Waals surface area contributed by atoms with E-state index in [4.69, 9.17) is 4.74 Å². The monoisotopic (exact) mass is 374 g/mol. The molecule has 0 heterocycles. The molecule has 0 aliphatic heterocycles. The molecular formula is C23H34O4. The van der Waals surface area contributed by atoms with Gasteiger partial charge in [0.25, 0.3) is 0 Å². The van der Waals surface area contributed by atoms with Crippen LogP contribution in [0, 0.1) is 40.9 Å². The van der Waals surface area contributed by atoms with Crippen LogP contribution >= 0.6 is 0 Å². The molecule has 0 aromatic heterocycles. The molecule has 27 heavy (non-hydrogen) atoms. The second-order valence-corrected chi connectivity index (χ2v) is 9.74. The predicted octanol–water partition coefficient (Wildman–Crippen LogP) is 5.18. The van der Waals surface area contributed by atoms with Crippen molar-refractivity contribution >= 4 is 11.9 Å². The Morgan fingerprint density at radius 1 is 0.963 bits per heavy atom. The minimum atomic E-state index is -0.555. The van der Waals surface area contributed by atoms with Gasteiger partial charge in [0.1, 0.15) is 11.9 Å². The van der Waals surface area contributed by atoms with Crippen LogP contribution in [0.4, 0.5) is 4.79 Å². The highest BCUT2D eigenvalue weighted by molar-refractivity contribution is 5.84. The lowest BCUT2D eigenvalue weighted by atomic mass is 9.77. The van der Waals surface area contributed by atoms with Gasteiger partial charge in [-0.25, -0.2) is 4.79 Å². The molecule has 4 rings (SSSR count). The van der Waals surface area contributed by atoms with E-state index >= 15 is 0 Å². The van der Waals surface area contributed by atoms with Crippen LogP contribution in [-0.2, 0) is 14.3 Å². The molecule has 0 N–H and O–H groups in total. The van der Waals surface area contributed by atoms with Crippen LogP contribution in [0.15, 0.2) is 24.3 Å². The number of ketones is 1. The Hall–Kier alpha value is -1.58. The molecule has 150 valence electrons. The van der Waals surface area contributed by atoms with Crippen molar-refractivity contribution in [1.29, 1.82) is 0 Å². The summed E-state index contributed by atoms with van der Waals surface area (Å²) in [7, 11) is 1.34. The number of Topliss-reactive ketones (excluding diaryl/α,β-unsaturated/α-hetero) is 1. The second kappa shape index (κ2) is 7.81. The van der Waals surface area contributed by atoms with E-state index in [0.717, 1.165) is 25.2 Å². The summed E-state index contributed by atoms with van der Waals surface area (Å²) in [6.07, 6.45) is 12.7. The largest absolute Gasteiger partial charge is 0.508 e. The number of rotatable bonds is 3. The highest BCUT2D eigenvalue weighted by Crippen LogP contribution is 2.49. The Labute approximate surface area is 163 Å². The number of allylic oxidation sites excluding steroid dienone is 3. The van der Waals surface area contributed by atoms with E-state index in [9.17, 15) is 9.59 Å². The van der Waals surface area contributed by atoms with Gasteiger partial charge < -0.3 is 9.47 Å². The third kappa shape index (κ3) is 4.47. The predicted molar refractivity (Wildman–Crippen MR) is 105 cm³/mol. The van der Waals surface area contributed by atoms with Crippen LogP contribution in [-0.4, -0.2) is 25.2 Å². The van der Waals surface area contributed by atoms with Crippen molar-refractivity contribution in [2.75, 3.05) is 7.11 Å². The average molecular weight is 375 g/mol. The summed E-state index contributed by atoms with van der Waals surface area (Å²) < 4.78 is 9.52. The van der Waals surface area contributed by atoms with Crippen LogP contribution in [0.5, 0.6) is 0 Å². The van der Waals surface area contributed by atoms with Crippen molar-refractivity contribution in [3.8, 4) is 0 Å². The van der Waals surface area contributed by atoms with Crippen LogP contribution in [0.3, 0.4) is 0 Å². The fourth-order valence-corrected chi connectivity index (χ4v) is 5.07. The molecule has 0 saturated heterocycles. The first-order chi connectivity index (χ1) is 12.7. The number of methoxy groups -OCH3 is 1. The first kappa shape index (κ1) is 20.2. The lowest BCUT2D eigenvalue weighted by Gasteiger charge is -2.27. The van der Waals surface area contributed by atoms with Gasteiger partial charge in [0, 0.05) is 17.8 Å². The zero-order valence-electron chi connectivity index (χ0n) is 17.3. The van der Waals surface area contributed by atoms with Gasteiger partial charge in [-0.1, -0.05) is 52.0 Å². The maximum absolute atomic E-state index is 12.0. The van der Waals surface area contributed by atoms with E-state index < -0.39 is 6.16 Å². The van der Waals surface area contributed by atoms with Gasteiger partial charge in [-0.3, -0.25) is 4.79 Å². The average Bonchev–Trinajstić information content (AvgIpc) is 3.37. The second-order valence-electron chi connectivity index (χ2n) is 9.74. The highest BCUT2D eigenvalue weighted by atomic mass is 16.7. The first-order valence-electron chi connectivity index (χ1n) is 10.3. The molecule has 0 spiro atoms. The number of fused-ring (bicyclic) bond motifs is 4. The van der Waals surface area contributed by atoms with E-state index in [1.807, 2.05) is 20.8 Å². The Kier molecular flexibility index (Phi) is 5.83. The minimum absolute atomic E-state index is 0.0625. The molecule has 2 saturated carbocycles. The lowest BCUT2D eigenvalue weighted by Crippen LogP contribution is -2.27. The number of carbonyl (C=O) groups is 2. The molecule has 4 nitrogen and oxygen atoms in total. The summed E-state index contributed by atoms with van der Waals surface area (Å²) in [5.41, 5.74) is -0.161. The van der Waals surface area contributed by atoms with E-state index in [0.29, 0.717) is 35.4 Å². The fourth-order valence-electron chi connectivity index (χ4n) is 5.07. The minimum Gasteiger partial charge on any atom is -0.438 e. The van der Waals surface area contributed by atoms with E-state index in [-0.39, 0.29) is 11.5 Å². The zero-order valence-corrected chi connectivity index (χ0v) is 17.3. The fraction of sp³-hybridized carbons (Fsp3) is 0.739. The van der Waals surface area contributed by atoms with E-state index in [1.54, 1.807) is 0 Å². The normalized spacial score (nSPS) is 37.9. The van der Waals surface area contributed by atoms with E-state index in [2.05, 4.69) is 36.0 Å². The van der Waals surface area contributed by atoms with Gasteiger partial charge in [0.2, 0.25) is 0 Å². The van der Waals surface area contributed by atoms with Crippen molar-refractivity contribution in [2.45, 2.75) is 59.5 Å². The van der Waals surface area contributed by atoms with Crippen LogP contribution < -0.4 is 0 Å². The molecular weight excluding hydrogens is 340 g/mol. The Balaban J connectivity index is 0.000000159. The molecule has 4 heteroatoms. The summed E-state index contributed by atoms with van der Waals surface area (Å²) in [6, 6.07) is 0. The van der Waals surface area contributed by atoms with Crippen LogP contribution in [0.1, 0.15) is 53.4 Å². The molecule has 0 aromatic rings. The topological polar surface area (TPSA) is 52.6 Å². The third-order valence-corrected chi connectivity index (χ3v) is 6.94. The molecule has 0 aromatic carbocycles. The first-order valence-corrected chi connectivity index (χ1v) is 10.3. The molecule has 4 aliphatic rings. The number of ether oxygens (including phenoxy) is 2. The van der Waals surface area contributed by atoms with Gasteiger partial charge in [0.05, 0.1) is 7.11 Å². The number of carbonyl (C=O) groups excluding carboxylic acids is 2. The van der Waals surface area contributed by atoms with Crippen molar-refractivity contribution in [3.63, 3.8) is 0 Å². The standard InChI is InChI=1S/C14H22O.C9H12O3/c1-9-10-5-6-11(7-10)12(9)8-13(15)14(2,3)4;1-11-9(10)12-8-5-6-2-3-7(8)4-6/h5-6,9-12H,7-8H2,1-4H3;2-3,6-8H,4-5H2,1H3. The number of hydrogen-bond donors (Lipinski definition) is 0. The summed E-state index contributed by atoms with van der Waals surface area (Å²) in [5, 5.41) is 0. The SMILES string of the molecule is CC1C2C=CC(C2)C1CC(=O)C(C)(C)C.COC(=O)OC1CC2C=CC1C2. The molecule has 4 bridgehead atoms. The van der Waals surface area contributed by atoms with Crippen LogP contribution in [0.25, 0.3) is 0 Å². The Morgan fingerprint density at radius 3 is 2.11 bits per heavy atom. The summed E-state index contributed by atoms with van der Waals surface area (Å²) in [5.74, 6) is 4.28. The molecule has 7 atom stereocenters. The Morgan fingerprint density at radius 2 is 1.63 bits per heavy atom. The van der Waals surface area contributed by atoms with Crippen molar-refractivity contribution in [1.82, 2.24) is 0 Å². The Bertz CT molecular complexity index is 627. The summed E-state index contributed by atoms with van der Waals surface area (Å²) in [4.78, 5) is 22.8. The molecule has 2 fully saturated rings. The summed E-state index contributed by atoms with van der Waals surface area (Å²) in [6.45, 7) is 8.41. The van der Waals surface area contributed by atoms with Gasteiger partial charge >= 0.3 is 6.16 Å². The van der Waals surface area contributed by atoms with Crippen molar-refractivity contribution in [3.05, 3.63) is 24.3 Å². The van der Waals surface area contributed by atoms with Gasteiger partial charge in [-0.2, -0.15) is 0 Å². The quantitative estimate of drug-likeness (QED) is 0.504. The van der Waals surface area contributed by atoms with E-state index in [1.165, 1.54) is 13.5 Å². The van der Waals surface area contributed by atoms with Crippen molar-refractivity contribution in [2.24, 2.45) is 40.9 Å². The molecule has 7 unspecified atom stereocenters. The van der Waals surface area contributed by atoms with Crippen molar-refractivity contribution < 1.29 is 19.1 Å². The van der Waals surface area contributed by atoms with Gasteiger partial charge in [0.15, 0.2) is 0 Å². The zero-order chi connectivity index (χ0) is 19.8. The third-order valence-electron chi connectivity index (χ3n) is 6.94. The highest BCUT2D eigenvalue weighted by Gasteiger charge is 2.43. The lowest BCUT2D eigenvalue weighted by molar-refractivity contribution is -0.127. The molecule has 4 aliphatic carbocycles. The summed E-state index contributed by atoms with van der Waals surface area (Å²) >= 11 is 0. The van der Waals surface area contributed by atoms with Crippen LogP contribution in [0.2, 0.25) is 0 Å². The maximum Gasteiger partial charge on any atom is 0.508 e. The van der Waals surface area contributed by atoms with Gasteiger partial charge in [-0.05, 0) is 48.9 Å². The number of hydrogen-bond acceptors (Lipinski definition) is 4.